The normalized spacial score (nSPS) is 12.4. The van der Waals surface area contributed by atoms with E-state index < -0.39 is 0 Å². The molecule has 0 aromatic heterocycles. The third kappa shape index (κ3) is 4.52. The van der Waals surface area contributed by atoms with Crippen LogP contribution in [0.15, 0.2) is 45.3 Å². The van der Waals surface area contributed by atoms with Gasteiger partial charge in [-0.1, -0.05) is 56.5 Å². The van der Waals surface area contributed by atoms with Gasteiger partial charge in [0.1, 0.15) is 5.82 Å². The van der Waals surface area contributed by atoms with Gasteiger partial charge in [-0.2, -0.15) is 0 Å². The maximum absolute atomic E-state index is 14.3. The van der Waals surface area contributed by atoms with Crippen molar-refractivity contribution in [1.82, 2.24) is 5.32 Å². The fourth-order valence-corrected chi connectivity index (χ4v) is 3.66. The first kappa shape index (κ1) is 16.9. The highest BCUT2D eigenvalue weighted by Gasteiger charge is 2.18. The molecule has 0 radical (unpaired) electrons. The third-order valence-corrected chi connectivity index (χ3v) is 4.24. The van der Waals surface area contributed by atoms with Crippen molar-refractivity contribution in [3.8, 4) is 0 Å². The van der Waals surface area contributed by atoms with E-state index in [9.17, 15) is 4.39 Å². The van der Waals surface area contributed by atoms with Gasteiger partial charge in [0.15, 0.2) is 0 Å². The molecule has 0 aliphatic carbocycles. The van der Waals surface area contributed by atoms with Gasteiger partial charge in [0.25, 0.3) is 0 Å². The van der Waals surface area contributed by atoms with Crippen LogP contribution in [0, 0.1) is 5.82 Å². The molecule has 5 heteroatoms. The summed E-state index contributed by atoms with van der Waals surface area (Å²) in [6.45, 7) is 2.88. The van der Waals surface area contributed by atoms with Gasteiger partial charge in [-0.15, -0.1) is 0 Å². The van der Waals surface area contributed by atoms with E-state index in [1.165, 1.54) is 6.07 Å². The molecule has 0 saturated carbocycles. The van der Waals surface area contributed by atoms with E-state index in [0.29, 0.717) is 10.6 Å². The van der Waals surface area contributed by atoms with Crippen molar-refractivity contribution < 1.29 is 4.39 Å². The van der Waals surface area contributed by atoms with E-state index in [4.69, 9.17) is 11.6 Å². The molecule has 0 heterocycles. The lowest BCUT2D eigenvalue weighted by molar-refractivity contribution is 0.546. The molecule has 21 heavy (non-hydrogen) atoms. The van der Waals surface area contributed by atoms with Crippen LogP contribution in [-0.4, -0.2) is 6.54 Å². The molecule has 0 saturated heterocycles. The quantitative estimate of drug-likeness (QED) is 0.599. The van der Waals surface area contributed by atoms with Gasteiger partial charge in [0.2, 0.25) is 0 Å². The first-order valence-electron chi connectivity index (χ1n) is 6.65. The first-order chi connectivity index (χ1) is 10.0. The predicted octanol–water partition coefficient (Wildman–Crippen LogP) is 6.09. The zero-order chi connectivity index (χ0) is 15.4. The Kier molecular flexibility index (Phi) is 6.23. The minimum Gasteiger partial charge on any atom is -0.306 e. The van der Waals surface area contributed by atoms with E-state index in [1.807, 2.05) is 18.2 Å². The Bertz CT molecular complexity index is 613. The summed E-state index contributed by atoms with van der Waals surface area (Å²) in [7, 11) is 0. The number of rotatable bonds is 5. The number of halogens is 4. The van der Waals surface area contributed by atoms with Crippen LogP contribution in [0.3, 0.4) is 0 Å². The summed E-state index contributed by atoms with van der Waals surface area (Å²) in [5.41, 5.74) is 1.59. The van der Waals surface area contributed by atoms with E-state index >= 15 is 0 Å². The highest BCUT2D eigenvalue weighted by Crippen LogP contribution is 2.30. The molecular formula is C16H15Br2ClFN. The molecule has 0 aliphatic rings. The Morgan fingerprint density at radius 1 is 1.14 bits per heavy atom. The maximum Gasteiger partial charge on any atom is 0.129 e. The zero-order valence-electron chi connectivity index (χ0n) is 11.5. The lowest BCUT2D eigenvalue weighted by Crippen LogP contribution is -2.24. The Morgan fingerprint density at radius 2 is 1.81 bits per heavy atom. The van der Waals surface area contributed by atoms with Gasteiger partial charge in [-0.3, -0.25) is 0 Å². The van der Waals surface area contributed by atoms with E-state index in [0.717, 1.165) is 27.5 Å². The Hall–Kier alpha value is -0.420. The molecule has 2 aromatic carbocycles. The summed E-state index contributed by atoms with van der Waals surface area (Å²) in [4.78, 5) is 0. The van der Waals surface area contributed by atoms with Gasteiger partial charge < -0.3 is 5.32 Å². The van der Waals surface area contributed by atoms with Crippen molar-refractivity contribution in [1.29, 1.82) is 0 Å². The summed E-state index contributed by atoms with van der Waals surface area (Å²) < 4.78 is 16.2. The second-order valence-corrected chi connectivity index (χ2v) is 7.02. The molecule has 0 spiro atoms. The van der Waals surface area contributed by atoms with E-state index in [-0.39, 0.29) is 11.9 Å². The van der Waals surface area contributed by atoms with Gasteiger partial charge in [-0.05, 0) is 48.9 Å². The van der Waals surface area contributed by atoms with Crippen LogP contribution in [0.1, 0.15) is 30.5 Å². The van der Waals surface area contributed by atoms with Gasteiger partial charge in [-0.25, -0.2) is 4.39 Å². The highest BCUT2D eigenvalue weighted by molar-refractivity contribution is 9.11. The summed E-state index contributed by atoms with van der Waals surface area (Å²) in [6.07, 6.45) is 0.973. The molecule has 1 atom stereocenters. The van der Waals surface area contributed by atoms with Crippen molar-refractivity contribution in [2.24, 2.45) is 0 Å². The highest BCUT2D eigenvalue weighted by atomic mass is 79.9. The predicted molar refractivity (Wildman–Crippen MR) is 93.4 cm³/mol. The van der Waals surface area contributed by atoms with Crippen molar-refractivity contribution in [3.05, 3.63) is 67.3 Å². The van der Waals surface area contributed by atoms with Gasteiger partial charge >= 0.3 is 0 Å². The molecule has 2 rings (SSSR count). The topological polar surface area (TPSA) is 12.0 Å². The molecule has 2 aromatic rings. The molecule has 0 bridgehead atoms. The lowest BCUT2D eigenvalue weighted by Gasteiger charge is -2.21. The van der Waals surface area contributed by atoms with Crippen molar-refractivity contribution in [2.45, 2.75) is 19.4 Å². The number of nitrogens with one attached hydrogen (secondary N) is 1. The zero-order valence-corrected chi connectivity index (χ0v) is 15.4. The van der Waals surface area contributed by atoms with Crippen LogP contribution in [0.25, 0.3) is 0 Å². The van der Waals surface area contributed by atoms with Crippen molar-refractivity contribution in [2.75, 3.05) is 6.54 Å². The number of hydrogen-bond donors (Lipinski definition) is 1. The fourth-order valence-electron chi connectivity index (χ4n) is 2.17. The number of benzene rings is 2. The fraction of sp³-hybridized carbons (Fsp3) is 0.250. The molecule has 0 amide bonds. The third-order valence-electron chi connectivity index (χ3n) is 3.09. The molecular weight excluding hydrogens is 420 g/mol. The second-order valence-electron chi connectivity index (χ2n) is 4.76. The Morgan fingerprint density at radius 3 is 2.38 bits per heavy atom. The van der Waals surface area contributed by atoms with Crippen LogP contribution in [0.5, 0.6) is 0 Å². The Labute approximate surface area is 146 Å². The van der Waals surface area contributed by atoms with Crippen LogP contribution in [-0.2, 0) is 0 Å². The van der Waals surface area contributed by atoms with Crippen LogP contribution < -0.4 is 5.32 Å². The van der Waals surface area contributed by atoms with Crippen LogP contribution >= 0.6 is 43.5 Å². The molecule has 0 fully saturated rings. The largest absolute Gasteiger partial charge is 0.306 e. The van der Waals surface area contributed by atoms with Crippen LogP contribution in [0.2, 0.25) is 5.02 Å². The first-order valence-corrected chi connectivity index (χ1v) is 8.62. The molecule has 1 unspecified atom stereocenters. The summed E-state index contributed by atoms with van der Waals surface area (Å²) >= 11 is 12.8. The molecule has 1 N–H and O–H groups in total. The second kappa shape index (κ2) is 7.73. The average molecular weight is 436 g/mol. The van der Waals surface area contributed by atoms with Crippen molar-refractivity contribution in [3.63, 3.8) is 0 Å². The monoisotopic (exact) mass is 433 g/mol. The lowest BCUT2D eigenvalue weighted by atomic mass is 9.98. The standard InChI is InChI=1S/C16H15Br2ClFN/c1-2-5-21-16(10-6-11(17)8-12(18)7-10)14-4-3-13(19)9-15(14)20/h3-4,6-9,16,21H,2,5H2,1H3. The molecule has 1 nitrogen and oxygen atoms in total. The van der Waals surface area contributed by atoms with Crippen LogP contribution in [0.4, 0.5) is 4.39 Å². The Balaban J connectivity index is 2.46. The van der Waals surface area contributed by atoms with Gasteiger partial charge in [0.05, 0.1) is 6.04 Å². The smallest absolute Gasteiger partial charge is 0.129 e. The molecule has 0 aliphatic heterocycles. The summed E-state index contributed by atoms with van der Waals surface area (Å²) in [5.74, 6) is -0.299. The average Bonchev–Trinajstić information content (AvgIpc) is 2.40. The summed E-state index contributed by atoms with van der Waals surface area (Å²) in [6, 6.07) is 10.5. The maximum atomic E-state index is 14.3. The van der Waals surface area contributed by atoms with Crippen molar-refractivity contribution >= 4 is 43.5 Å². The minimum atomic E-state index is -0.299. The van der Waals surface area contributed by atoms with Gasteiger partial charge in [0, 0.05) is 19.5 Å². The molecule has 112 valence electrons. The minimum absolute atomic E-state index is 0.212. The SMILES string of the molecule is CCCNC(c1cc(Br)cc(Br)c1)c1ccc(Cl)cc1F. The number of hydrogen-bond acceptors (Lipinski definition) is 1. The van der Waals surface area contributed by atoms with E-state index in [1.54, 1.807) is 12.1 Å². The van der Waals surface area contributed by atoms with E-state index in [2.05, 4.69) is 44.1 Å². The summed E-state index contributed by atoms with van der Waals surface area (Å²) in [5, 5.41) is 3.80.